The average Bonchev–Trinajstić information content (AvgIpc) is 3.09. The SMILES string of the molecule is Cc1cc(C)c(Cn2nc(C(C)(C)C)cc2C(=O)NS(=O)(=O)c2cccc(Cl)c2)c(C)c1. The standard InChI is InChI=1S/C24H28ClN3O3S/c1-15-10-16(2)20(17(3)11-15)14-28-21(13-22(26-28)24(4,5)6)23(29)27-32(30,31)19-9-7-8-18(25)12-19/h7-13H,14H2,1-6H3,(H,27,29). The van der Waals surface area contributed by atoms with Gasteiger partial charge in [-0.1, -0.05) is 56.1 Å². The van der Waals surface area contributed by atoms with Gasteiger partial charge in [-0.15, -0.1) is 0 Å². The molecule has 8 heteroatoms. The first-order valence-corrected chi connectivity index (χ1v) is 12.1. The lowest BCUT2D eigenvalue weighted by atomic mass is 9.92. The Morgan fingerprint density at radius 1 is 1.06 bits per heavy atom. The fraction of sp³-hybridized carbons (Fsp3) is 0.333. The minimum Gasteiger partial charge on any atom is -0.266 e. The molecule has 1 heterocycles. The number of carbonyl (C=O) groups is 1. The van der Waals surface area contributed by atoms with E-state index in [9.17, 15) is 13.2 Å². The van der Waals surface area contributed by atoms with Crippen LogP contribution in [0, 0.1) is 20.8 Å². The van der Waals surface area contributed by atoms with Gasteiger partial charge in [0.1, 0.15) is 5.69 Å². The zero-order valence-corrected chi connectivity index (χ0v) is 20.7. The summed E-state index contributed by atoms with van der Waals surface area (Å²) >= 11 is 5.92. The fourth-order valence-electron chi connectivity index (χ4n) is 3.56. The predicted octanol–water partition coefficient (Wildman–Crippen LogP) is 4.93. The largest absolute Gasteiger partial charge is 0.283 e. The van der Waals surface area contributed by atoms with Gasteiger partial charge >= 0.3 is 0 Å². The third-order valence-corrected chi connectivity index (χ3v) is 6.83. The zero-order valence-electron chi connectivity index (χ0n) is 19.2. The van der Waals surface area contributed by atoms with Crippen LogP contribution in [0.4, 0.5) is 0 Å². The summed E-state index contributed by atoms with van der Waals surface area (Å²) in [4.78, 5) is 13.0. The van der Waals surface area contributed by atoms with Crippen LogP contribution >= 0.6 is 11.6 Å². The van der Waals surface area contributed by atoms with Crippen LogP contribution in [0.15, 0.2) is 47.4 Å². The minimum absolute atomic E-state index is 0.0781. The second kappa shape index (κ2) is 8.71. The molecule has 1 amide bonds. The number of hydrogen-bond donors (Lipinski definition) is 1. The molecule has 32 heavy (non-hydrogen) atoms. The summed E-state index contributed by atoms with van der Waals surface area (Å²) in [6, 6.07) is 11.6. The number of nitrogens with zero attached hydrogens (tertiary/aromatic N) is 2. The molecule has 0 aliphatic heterocycles. The summed E-state index contributed by atoms with van der Waals surface area (Å²) in [6.07, 6.45) is 0. The highest BCUT2D eigenvalue weighted by atomic mass is 35.5. The third kappa shape index (κ3) is 5.22. The molecule has 3 rings (SSSR count). The van der Waals surface area contributed by atoms with Crippen molar-refractivity contribution in [3.63, 3.8) is 0 Å². The number of carbonyl (C=O) groups excluding carboxylic acids is 1. The van der Waals surface area contributed by atoms with E-state index in [1.807, 2.05) is 41.5 Å². The van der Waals surface area contributed by atoms with Crippen LogP contribution in [-0.2, 0) is 22.0 Å². The lowest BCUT2D eigenvalue weighted by Gasteiger charge is -2.15. The van der Waals surface area contributed by atoms with Crippen molar-refractivity contribution in [1.29, 1.82) is 0 Å². The topological polar surface area (TPSA) is 81.1 Å². The Morgan fingerprint density at radius 3 is 2.25 bits per heavy atom. The van der Waals surface area contributed by atoms with Gasteiger partial charge in [-0.3, -0.25) is 9.48 Å². The number of benzene rings is 2. The van der Waals surface area contributed by atoms with Crippen LogP contribution in [0.2, 0.25) is 5.02 Å². The second-order valence-corrected chi connectivity index (χ2v) is 11.2. The average molecular weight is 474 g/mol. The quantitative estimate of drug-likeness (QED) is 0.569. The van der Waals surface area contributed by atoms with Crippen LogP contribution in [0.1, 0.15) is 59.2 Å². The molecule has 1 N–H and O–H groups in total. The first kappa shape index (κ1) is 24.0. The molecule has 0 aliphatic carbocycles. The van der Waals surface area contributed by atoms with Gasteiger partial charge in [0.25, 0.3) is 15.9 Å². The smallest absolute Gasteiger partial charge is 0.266 e. The Bertz CT molecular complexity index is 1270. The lowest BCUT2D eigenvalue weighted by molar-refractivity contribution is 0.0971. The Labute approximate surface area is 194 Å². The van der Waals surface area contributed by atoms with Crippen molar-refractivity contribution in [2.75, 3.05) is 0 Å². The molecular weight excluding hydrogens is 446 g/mol. The van der Waals surface area contributed by atoms with Crippen molar-refractivity contribution in [2.45, 2.75) is 58.4 Å². The number of hydrogen-bond acceptors (Lipinski definition) is 4. The van der Waals surface area contributed by atoms with Crippen molar-refractivity contribution < 1.29 is 13.2 Å². The molecule has 3 aromatic rings. The van der Waals surface area contributed by atoms with Crippen molar-refractivity contribution in [1.82, 2.24) is 14.5 Å². The van der Waals surface area contributed by atoms with Crippen LogP contribution in [0.5, 0.6) is 0 Å². The van der Waals surface area contributed by atoms with E-state index in [-0.39, 0.29) is 21.0 Å². The molecule has 0 unspecified atom stereocenters. The Kier molecular flexibility index (Phi) is 6.54. The van der Waals surface area contributed by atoms with Gasteiger partial charge in [-0.05, 0) is 61.7 Å². The summed E-state index contributed by atoms with van der Waals surface area (Å²) in [5.74, 6) is -0.740. The number of halogens is 1. The molecule has 1 aromatic heterocycles. The van der Waals surface area contributed by atoms with Crippen molar-refractivity contribution in [2.24, 2.45) is 0 Å². The molecule has 0 saturated heterocycles. The van der Waals surface area contributed by atoms with Gasteiger partial charge in [0.2, 0.25) is 0 Å². The third-order valence-electron chi connectivity index (χ3n) is 5.26. The summed E-state index contributed by atoms with van der Waals surface area (Å²) in [5, 5.41) is 4.93. The Hall–Kier alpha value is -2.64. The van der Waals surface area contributed by atoms with Crippen molar-refractivity contribution in [3.05, 3.63) is 81.1 Å². The number of nitrogens with one attached hydrogen (secondary N) is 1. The van der Waals surface area contributed by atoms with E-state index < -0.39 is 15.9 Å². The van der Waals surface area contributed by atoms with Crippen LogP contribution < -0.4 is 4.72 Å². The van der Waals surface area contributed by atoms with Crippen molar-refractivity contribution >= 4 is 27.5 Å². The molecule has 0 fully saturated rings. The van der Waals surface area contributed by atoms with Gasteiger partial charge in [0.05, 0.1) is 17.1 Å². The molecule has 0 atom stereocenters. The van der Waals surface area contributed by atoms with Gasteiger partial charge in [-0.2, -0.15) is 5.10 Å². The number of aryl methyl sites for hydroxylation is 3. The normalized spacial score (nSPS) is 12.1. The molecule has 0 spiro atoms. The number of amides is 1. The summed E-state index contributed by atoms with van der Waals surface area (Å²) in [7, 11) is -4.09. The molecule has 2 aromatic carbocycles. The second-order valence-electron chi connectivity index (χ2n) is 9.09. The molecular formula is C24H28ClN3O3S. The van der Waals surface area contributed by atoms with E-state index >= 15 is 0 Å². The van der Waals surface area contributed by atoms with Crippen LogP contribution in [-0.4, -0.2) is 24.1 Å². The monoisotopic (exact) mass is 473 g/mol. The summed E-state index contributed by atoms with van der Waals surface area (Å²) < 4.78 is 29.3. The minimum atomic E-state index is -4.09. The maximum atomic E-state index is 13.1. The van der Waals surface area contributed by atoms with Crippen LogP contribution in [0.25, 0.3) is 0 Å². The van der Waals surface area contributed by atoms with Gasteiger partial charge < -0.3 is 0 Å². The first-order valence-electron chi connectivity index (χ1n) is 10.3. The molecule has 6 nitrogen and oxygen atoms in total. The maximum absolute atomic E-state index is 13.1. The molecule has 0 aliphatic rings. The molecule has 0 radical (unpaired) electrons. The highest BCUT2D eigenvalue weighted by Crippen LogP contribution is 2.24. The van der Waals surface area contributed by atoms with Gasteiger partial charge in [0, 0.05) is 10.4 Å². The lowest BCUT2D eigenvalue weighted by Crippen LogP contribution is -2.32. The number of sulfonamides is 1. The zero-order chi connectivity index (χ0) is 23.8. The van der Waals surface area contributed by atoms with Crippen molar-refractivity contribution in [3.8, 4) is 0 Å². The van der Waals surface area contributed by atoms with Gasteiger partial charge in [0.15, 0.2) is 0 Å². The summed E-state index contributed by atoms with van der Waals surface area (Å²) in [6.45, 7) is 12.4. The first-order chi connectivity index (χ1) is 14.8. The maximum Gasteiger partial charge on any atom is 0.283 e. The number of rotatable bonds is 5. The van der Waals surface area contributed by atoms with E-state index in [0.717, 1.165) is 22.3 Å². The van der Waals surface area contributed by atoms with E-state index in [0.29, 0.717) is 12.2 Å². The molecule has 170 valence electrons. The fourth-order valence-corrected chi connectivity index (χ4v) is 4.82. The Balaban J connectivity index is 2.02. The predicted molar refractivity (Wildman–Crippen MR) is 127 cm³/mol. The molecule has 0 saturated carbocycles. The highest BCUT2D eigenvalue weighted by molar-refractivity contribution is 7.90. The van der Waals surface area contributed by atoms with Gasteiger partial charge in [-0.25, -0.2) is 13.1 Å². The highest BCUT2D eigenvalue weighted by Gasteiger charge is 2.26. The van der Waals surface area contributed by atoms with E-state index in [1.54, 1.807) is 16.8 Å². The van der Waals surface area contributed by atoms with Crippen LogP contribution in [0.3, 0.4) is 0 Å². The Morgan fingerprint density at radius 2 is 1.69 bits per heavy atom. The summed E-state index contributed by atoms with van der Waals surface area (Å²) in [5.41, 5.74) is 4.95. The van der Waals surface area contributed by atoms with E-state index in [1.165, 1.54) is 18.2 Å². The number of aromatic nitrogens is 2. The van der Waals surface area contributed by atoms with E-state index in [4.69, 9.17) is 11.6 Å². The molecule has 0 bridgehead atoms. The van der Waals surface area contributed by atoms with E-state index in [2.05, 4.69) is 22.0 Å².